The van der Waals surface area contributed by atoms with Crippen LogP contribution in [-0.4, -0.2) is 48.1 Å². The van der Waals surface area contributed by atoms with Crippen LogP contribution in [0.1, 0.15) is 26.7 Å². The molecule has 1 aromatic carbocycles. The van der Waals surface area contributed by atoms with E-state index in [1.807, 2.05) is 13.8 Å². The normalized spacial score (nSPS) is 11.6. The second-order valence-corrected chi connectivity index (χ2v) is 7.83. The number of carbonyl (C=O) groups is 2. The number of nitrogens with two attached hydrogens (primary N) is 1. The first-order chi connectivity index (χ1) is 15.3. The number of halogens is 3. The molecule has 1 heterocycles. The minimum Gasteiger partial charge on any atom is -0.489 e. The van der Waals surface area contributed by atoms with Gasteiger partial charge in [0.1, 0.15) is 5.75 Å². The Balaban J connectivity index is 2.71. The summed E-state index contributed by atoms with van der Waals surface area (Å²) in [6.45, 7) is 2.97. The number of hydrogen-bond acceptors (Lipinski definition) is 5. The summed E-state index contributed by atoms with van der Waals surface area (Å²) in [6, 6.07) is 4.20. The van der Waals surface area contributed by atoms with Crippen LogP contribution >= 0.6 is 0 Å². The van der Waals surface area contributed by atoms with E-state index in [-0.39, 0.29) is 53.6 Å². The summed E-state index contributed by atoms with van der Waals surface area (Å²) in [5.41, 5.74) is 4.57. The zero-order valence-electron chi connectivity index (χ0n) is 18.4. The third-order valence-electron chi connectivity index (χ3n) is 4.55. The maximum absolute atomic E-state index is 13.2. The zero-order valence-corrected chi connectivity index (χ0v) is 18.4. The van der Waals surface area contributed by atoms with E-state index < -0.39 is 36.8 Å². The van der Waals surface area contributed by atoms with Crippen LogP contribution in [-0.2, 0) is 11.3 Å². The Morgan fingerprint density at radius 3 is 2.42 bits per heavy atom. The molecule has 0 saturated heterocycles. The highest BCUT2D eigenvalue weighted by Crippen LogP contribution is 2.37. The van der Waals surface area contributed by atoms with Crippen LogP contribution in [0.5, 0.6) is 11.5 Å². The van der Waals surface area contributed by atoms with Gasteiger partial charge in [0.15, 0.2) is 18.2 Å². The minimum atomic E-state index is -4.38. The third kappa shape index (κ3) is 6.77. The molecule has 3 N–H and O–H groups in total. The second-order valence-electron chi connectivity index (χ2n) is 7.83. The molecule has 2 rings (SSSR count). The van der Waals surface area contributed by atoms with Crippen molar-refractivity contribution in [1.29, 1.82) is 0 Å². The van der Waals surface area contributed by atoms with E-state index in [0.717, 1.165) is 4.90 Å². The first-order valence-electron chi connectivity index (χ1n) is 10.1. The number of amides is 2. The van der Waals surface area contributed by atoms with Gasteiger partial charge >= 0.3 is 12.3 Å². The van der Waals surface area contributed by atoms with Gasteiger partial charge in [0, 0.05) is 25.4 Å². The molecule has 0 aliphatic carbocycles. The SMILES string of the molecule is CC(C)Cn1c(N(C)C(=O)O)c(OCCCC(F)(F)F)c2cc(OCC(N)=O)ccc2c1=O. The lowest BCUT2D eigenvalue weighted by atomic mass is 10.1. The van der Waals surface area contributed by atoms with Gasteiger partial charge in [-0.05, 0) is 30.5 Å². The summed E-state index contributed by atoms with van der Waals surface area (Å²) in [6.07, 6.45) is -7.23. The summed E-state index contributed by atoms with van der Waals surface area (Å²) in [5, 5.41) is 9.87. The molecule has 0 aliphatic rings. The topological polar surface area (TPSA) is 124 Å². The molecular formula is C21H26F3N3O6. The first kappa shape index (κ1) is 25.8. The average molecular weight is 473 g/mol. The second kappa shape index (κ2) is 10.5. The van der Waals surface area contributed by atoms with Crippen molar-refractivity contribution in [2.45, 2.75) is 39.4 Å². The van der Waals surface area contributed by atoms with Gasteiger partial charge in [0.2, 0.25) is 0 Å². The maximum Gasteiger partial charge on any atom is 0.412 e. The zero-order chi connectivity index (χ0) is 24.9. The predicted molar refractivity (Wildman–Crippen MR) is 115 cm³/mol. The smallest absolute Gasteiger partial charge is 0.412 e. The van der Waals surface area contributed by atoms with Crippen molar-refractivity contribution in [2.24, 2.45) is 11.7 Å². The highest BCUT2D eigenvalue weighted by molar-refractivity contribution is 5.97. The molecule has 0 radical (unpaired) electrons. The number of pyridine rings is 1. The van der Waals surface area contributed by atoms with E-state index in [2.05, 4.69) is 0 Å². The fourth-order valence-corrected chi connectivity index (χ4v) is 3.17. The Morgan fingerprint density at radius 2 is 1.88 bits per heavy atom. The molecule has 0 bridgehead atoms. The molecule has 0 aliphatic heterocycles. The van der Waals surface area contributed by atoms with Gasteiger partial charge < -0.3 is 20.3 Å². The molecule has 0 saturated carbocycles. The standard InChI is InChI=1S/C21H26F3N3O6/c1-12(2)10-27-18(26(3)20(30)31)17(32-8-4-7-21(22,23)24)15-9-13(33-11-16(25)28)5-6-14(15)19(27)29/h5-6,9,12H,4,7-8,10-11H2,1-3H3,(H2,25,28)(H,30,31). The number of carbonyl (C=O) groups excluding carboxylic acids is 1. The molecule has 12 heteroatoms. The quantitative estimate of drug-likeness (QED) is 0.510. The lowest BCUT2D eigenvalue weighted by Crippen LogP contribution is -2.34. The Labute approximate surface area is 187 Å². The van der Waals surface area contributed by atoms with Gasteiger partial charge in [0.05, 0.1) is 12.0 Å². The van der Waals surface area contributed by atoms with Crippen LogP contribution in [0.25, 0.3) is 10.8 Å². The number of ether oxygens (including phenoxy) is 2. The maximum atomic E-state index is 13.2. The van der Waals surface area contributed by atoms with E-state index in [1.54, 1.807) is 0 Å². The number of benzene rings is 1. The van der Waals surface area contributed by atoms with Crippen LogP contribution in [0.3, 0.4) is 0 Å². The van der Waals surface area contributed by atoms with Gasteiger partial charge in [-0.25, -0.2) is 4.79 Å². The van der Waals surface area contributed by atoms with Crippen molar-refractivity contribution >= 4 is 28.6 Å². The third-order valence-corrected chi connectivity index (χ3v) is 4.55. The Morgan fingerprint density at radius 1 is 1.21 bits per heavy atom. The summed E-state index contributed by atoms with van der Waals surface area (Å²) in [4.78, 5) is 36.8. The highest BCUT2D eigenvalue weighted by atomic mass is 19.4. The lowest BCUT2D eigenvalue weighted by molar-refractivity contribution is -0.136. The van der Waals surface area contributed by atoms with Gasteiger partial charge in [-0.1, -0.05) is 13.8 Å². The number of alkyl halides is 3. The van der Waals surface area contributed by atoms with Gasteiger partial charge in [0.25, 0.3) is 11.5 Å². The number of carboxylic acid groups (broad SMARTS) is 1. The van der Waals surface area contributed by atoms with Crippen molar-refractivity contribution in [2.75, 3.05) is 25.2 Å². The Kier molecular flexibility index (Phi) is 8.18. The van der Waals surface area contributed by atoms with Crippen LogP contribution in [0.2, 0.25) is 0 Å². The van der Waals surface area contributed by atoms with Crippen LogP contribution in [0, 0.1) is 5.92 Å². The van der Waals surface area contributed by atoms with E-state index >= 15 is 0 Å². The van der Waals surface area contributed by atoms with Gasteiger partial charge in [-0.15, -0.1) is 0 Å². The fourth-order valence-electron chi connectivity index (χ4n) is 3.17. The molecule has 33 heavy (non-hydrogen) atoms. The van der Waals surface area contributed by atoms with Crippen LogP contribution in [0.4, 0.5) is 23.8 Å². The number of hydrogen-bond donors (Lipinski definition) is 2. The van der Waals surface area contributed by atoms with E-state index in [4.69, 9.17) is 15.2 Å². The van der Waals surface area contributed by atoms with Crippen molar-refractivity contribution in [3.8, 4) is 11.5 Å². The van der Waals surface area contributed by atoms with Crippen molar-refractivity contribution in [1.82, 2.24) is 4.57 Å². The summed E-state index contributed by atoms with van der Waals surface area (Å²) in [5.74, 6) is -0.851. The number of rotatable bonds is 10. The average Bonchev–Trinajstić information content (AvgIpc) is 2.70. The molecule has 2 aromatic rings. The van der Waals surface area contributed by atoms with Crippen molar-refractivity contribution in [3.63, 3.8) is 0 Å². The van der Waals surface area contributed by atoms with E-state index in [9.17, 15) is 32.7 Å². The summed E-state index contributed by atoms with van der Waals surface area (Å²) < 4.78 is 49.9. The van der Waals surface area contributed by atoms with Crippen molar-refractivity contribution in [3.05, 3.63) is 28.6 Å². The predicted octanol–water partition coefficient (Wildman–Crippen LogP) is 3.36. The van der Waals surface area contributed by atoms with Crippen LogP contribution < -0.4 is 25.7 Å². The molecular weight excluding hydrogens is 447 g/mol. The molecule has 9 nitrogen and oxygen atoms in total. The number of fused-ring (bicyclic) bond motifs is 1. The summed E-state index contributed by atoms with van der Waals surface area (Å²) >= 11 is 0. The van der Waals surface area contributed by atoms with E-state index in [1.165, 1.54) is 29.8 Å². The lowest BCUT2D eigenvalue weighted by Gasteiger charge is -2.25. The molecule has 0 spiro atoms. The van der Waals surface area contributed by atoms with E-state index in [0.29, 0.717) is 0 Å². The van der Waals surface area contributed by atoms with Gasteiger partial charge in [-0.2, -0.15) is 13.2 Å². The van der Waals surface area contributed by atoms with Gasteiger partial charge in [-0.3, -0.25) is 19.1 Å². The number of primary amides is 1. The molecule has 1 aromatic heterocycles. The summed E-state index contributed by atoms with van der Waals surface area (Å²) in [7, 11) is 1.20. The fraction of sp³-hybridized carbons (Fsp3) is 0.476. The van der Waals surface area contributed by atoms with Crippen molar-refractivity contribution < 1.29 is 37.3 Å². The minimum absolute atomic E-state index is 0.0580. The number of anilines is 1. The van der Waals surface area contributed by atoms with Crippen LogP contribution in [0.15, 0.2) is 23.0 Å². The Hall–Kier alpha value is -3.44. The first-order valence-corrected chi connectivity index (χ1v) is 10.1. The molecule has 0 atom stereocenters. The molecule has 2 amide bonds. The monoisotopic (exact) mass is 473 g/mol. The number of aromatic nitrogens is 1. The molecule has 0 unspecified atom stereocenters. The Bertz CT molecular complexity index is 1080. The largest absolute Gasteiger partial charge is 0.489 e. The molecule has 0 fully saturated rings. The number of nitrogens with zero attached hydrogens (tertiary/aromatic N) is 2. The highest BCUT2D eigenvalue weighted by Gasteiger charge is 2.28. The molecule has 182 valence electrons.